The van der Waals surface area contributed by atoms with Crippen LogP contribution in [0.1, 0.15) is 12.5 Å². The molecular weight excluding hydrogens is 218 g/mol. The lowest BCUT2D eigenvalue weighted by atomic mass is 10.2. The Morgan fingerprint density at radius 1 is 1.47 bits per heavy atom. The maximum Gasteiger partial charge on any atom is 0.243 e. The van der Waals surface area contributed by atoms with Gasteiger partial charge in [0.15, 0.2) is 11.1 Å². The molecule has 0 saturated heterocycles. The van der Waals surface area contributed by atoms with Gasteiger partial charge in [0.05, 0.1) is 9.82 Å². The highest BCUT2D eigenvalue weighted by molar-refractivity contribution is 7.79. The molecule has 0 heterocycles. The summed E-state index contributed by atoms with van der Waals surface area (Å²) >= 11 is -2.01. The lowest BCUT2D eigenvalue weighted by Crippen LogP contribution is -1.93. The fourth-order valence-corrected chi connectivity index (χ4v) is 1.34. The molecule has 0 saturated carbocycles. The van der Waals surface area contributed by atoms with Crippen LogP contribution in [-0.4, -0.2) is 13.7 Å². The summed E-state index contributed by atoms with van der Waals surface area (Å²) in [7, 11) is 0. The Hall–Kier alpha value is -1.53. The maximum atomic E-state index is 10.6. The van der Waals surface area contributed by atoms with Crippen molar-refractivity contribution in [1.82, 2.24) is 0 Å². The third kappa shape index (κ3) is 3.26. The van der Waals surface area contributed by atoms with Crippen LogP contribution >= 0.6 is 0 Å². The molecule has 1 atom stereocenters. The van der Waals surface area contributed by atoms with E-state index in [2.05, 4.69) is 0 Å². The minimum Gasteiger partial charge on any atom is -0.302 e. The van der Waals surface area contributed by atoms with Crippen molar-refractivity contribution >= 4 is 17.2 Å². The number of nitrogens with zero attached hydrogens (tertiary/aromatic N) is 1. The first kappa shape index (κ1) is 11.5. The lowest BCUT2D eigenvalue weighted by Gasteiger charge is -1.96. The van der Waals surface area contributed by atoms with E-state index in [0.29, 0.717) is 5.56 Å². The van der Waals surface area contributed by atoms with E-state index in [0.717, 1.165) is 0 Å². The molecule has 0 fully saturated rings. The summed E-state index contributed by atoms with van der Waals surface area (Å²) < 4.78 is 19.4. The Kier molecular flexibility index (Phi) is 3.70. The van der Waals surface area contributed by atoms with Crippen molar-refractivity contribution in [2.75, 3.05) is 0 Å². The van der Waals surface area contributed by atoms with E-state index in [1.54, 1.807) is 12.1 Å². The Bertz CT molecular complexity index is 424. The van der Waals surface area contributed by atoms with Gasteiger partial charge in [-0.3, -0.25) is 10.1 Å². The molecule has 6 heteroatoms. The fourth-order valence-electron chi connectivity index (χ4n) is 0.974. The molecule has 0 amide bonds. The molecule has 0 aliphatic rings. The van der Waals surface area contributed by atoms with Gasteiger partial charge in [-0.15, -0.1) is 0 Å². The molecule has 0 aromatic heterocycles. The highest BCUT2D eigenvalue weighted by atomic mass is 32.2. The van der Waals surface area contributed by atoms with Gasteiger partial charge in [0.1, 0.15) is 0 Å². The average molecular weight is 227 g/mol. The number of hydrogen-bond donors (Lipinski definition) is 1. The van der Waals surface area contributed by atoms with E-state index in [9.17, 15) is 14.3 Å². The monoisotopic (exact) mass is 227 g/mol. The topological polar surface area (TPSA) is 80.4 Å². The van der Waals surface area contributed by atoms with E-state index in [-0.39, 0.29) is 10.6 Å². The van der Waals surface area contributed by atoms with Crippen LogP contribution in [0.3, 0.4) is 0 Å². The van der Waals surface area contributed by atoms with E-state index in [1.807, 2.05) is 0 Å². The molecule has 0 bridgehead atoms. The standard InChI is InChI=1S/C9H9NO4S/c1-7(10(11)12)6-8-2-4-9(5-3-8)15(13)14/h2-6H,1H3,(H,13,14). The highest BCUT2D eigenvalue weighted by Crippen LogP contribution is 2.11. The average Bonchev–Trinajstić information content (AvgIpc) is 2.18. The van der Waals surface area contributed by atoms with Crippen molar-refractivity contribution in [3.63, 3.8) is 0 Å². The van der Waals surface area contributed by atoms with Gasteiger partial charge in [-0.1, -0.05) is 12.1 Å². The first-order chi connectivity index (χ1) is 7.00. The first-order valence-electron chi connectivity index (χ1n) is 4.04. The first-order valence-corrected chi connectivity index (χ1v) is 5.15. The van der Waals surface area contributed by atoms with Crippen LogP contribution in [0, 0.1) is 10.1 Å². The van der Waals surface area contributed by atoms with Crippen LogP contribution in [-0.2, 0) is 11.1 Å². The Morgan fingerprint density at radius 2 is 2.00 bits per heavy atom. The van der Waals surface area contributed by atoms with Crippen molar-refractivity contribution in [2.45, 2.75) is 11.8 Å². The smallest absolute Gasteiger partial charge is 0.243 e. The Balaban J connectivity index is 2.95. The Labute approximate surface area is 88.9 Å². The van der Waals surface area contributed by atoms with Crippen molar-refractivity contribution in [3.05, 3.63) is 45.6 Å². The van der Waals surface area contributed by atoms with Crippen molar-refractivity contribution in [1.29, 1.82) is 0 Å². The zero-order chi connectivity index (χ0) is 11.4. The zero-order valence-electron chi connectivity index (χ0n) is 7.91. The second-order valence-corrected chi connectivity index (χ2v) is 3.83. The molecule has 0 aliphatic carbocycles. The number of hydrogen-bond acceptors (Lipinski definition) is 3. The normalized spacial score (nSPS) is 13.6. The van der Waals surface area contributed by atoms with Crippen molar-refractivity contribution in [3.8, 4) is 0 Å². The fraction of sp³-hybridized carbons (Fsp3) is 0.111. The highest BCUT2D eigenvalue weighted by Gasteiger charge is 2.03. The van der Waals surface area contributed by atoms with Crippen LogP contribution in [0.5, 0.6) is 0 Å². The molecule has 0 spiro atoms. The Morgan fingerprint density at radius 3 is 2.40 bits per heavy atom. The number of rotatable bonds is 3. The van der Waals surface area contributed by atoms with Gasteiger partial charge in [0.2, 0.25) is 5.70 Å². The molecule has 1 rings (SSSR count). The number of nitro groups is 1. The summed E-state index contributed by atoms with van der Waals surface area (Å²) in [6, 6.07) is 6.01. The molecule has 1 N–H and O–H groups in total. The zero-order valence-corrected chi connectivity index (χ0v) is 8.73. The van der Waals surface area contributed by atoms with Crippen LogP contribution in [0.4, 0.5) is 0 Å². The summed E-state index contributed by atoms with van der Waals surface area (Å²) in [6.07, 6.45) is 1.39. The van der Waals surface area contributed by atoms with Crippen LogP contribution in [0.25, 0.3) is 6.08 Å². The number of benzene rings is 1. The van der Waals surface area contributed by atoms with Gasteiger partial charge in [-0.05, 0) is 17.7 Å². The lowest BCUT2D eigenvalue weighted by molar-refractivity contribution is -0.422. The molecule has 1 aromatic carbocycles. The quantitative estimate of drug-likeness (QED) is 0.486. The molecule has 0 aliphatic heterocycles. The molecule has 1 aromatic rings. The predicted molar refractivity (Wildman–Crippen MR) is 56.1 cm³/mol. The summed E-state index contributed by atoms with van der Waals surface area (Å²) in [5, 5.41) is 10.3. The number of allylic oxidation sites excluding steroid dienone is 1. The molecule has 1 unspecified atom stereocenters. The summed E-state index contributed by atoms with van der Waals surface area (Å²) in [5.41, 5.74) is 0.645. The molecule has 15 heavy (non-hydrogen) atoms. The second kappa shape index (κ2) is 4.81. The van der Waals surface area contributed by atoms with Gasteiger partial charge in [0.25, 0.3) is 0 Å². The van der Waals surface area contributed by atoms with Crippen LogP contribution in [0.15, 0.2) is 34.9 Å². The maximum absolute atomic E-state index is 10.6. The largest absolute Gasteiger partial charge is 0.302 e. The summed E-state index contributed by atoms with van der Waals surface area (Å²) in [4.78, 5) is 10.1. The van der Waals surface area contributed by atoms with Crippen molar-refractivity contribution in [2.24, 2.45) is 0 Å². The van der Waals surface area contributed by atoms with Gasteiger partial charge in [-0.25, -0.2) is 4.21 Å². The molecule has 5 nitrogen and oxygen atoms in total. The van der Waals surface area contributed by atoms with Gasteiger partial charge >= 0.3 is 0 Å². The van der Waals surface area contributed by atoms with Crippen LogP contribution < -0.4 is 0 Å². The third-order valence-corrected chi connectivity index (χ3v) is 2.42. The summed E-state index contributed by atoms with van der Waals surface area (Å²) in [5.74, 6) is 0. The van der Waals surface area contributed by atoms with Crippen LogP contribution in [0.2, 0.25) is 0 Å². The minimum atomic E-state index is -2.01. The minimum absolute atomic E-state index is 0.0212. The van der Waals surface area contributed by atoms with Gasteiger partial charge in [-0.2, -0.15) is 0 Å². The molecular formula is C9H9NO4S. The van der Waals surface area contributed by atoms with E-state index >= 15 is 0 Å². The van der Waals surface area contributed by atoms with Crippen molar-refractivity contribution < 1.29 is 13.7 Å². The van der Waals surface area contributed by atoms with Gasteiger partial charge < -0.3 is 4.55 Å². The molecule has 80 valence electrons. The van der Waals surface area contributed by atoms with E-state index in [1.165, 1.54) is 25.1 Å². The third-order valence-electron chi connectivity index (χ3n) is 1.75. The van der Waals surface area contributed by atoms with E-state index in [4.69, 9.17) is 4.55 Å². The second-order valence-electron chi connectivity index (χ2n) is 2.86. The predicted octanol–water partition coefficient (Wildman–Crippen LogP) is 1.90. The van der Waals surface area contributed by atoms with E-state index < -0.39 is 16.0 Å². The van der Waals surface area contributed by atoms with Gasteiger partial charge in [0, 0.05) is 13.0 Å². The SMILES string of the molecule is CC(=Cc1ccc(S(=O)O)cc1)[N+](=O)[O-]. The summed E-state index contributed by atoms with van der Waals surface area (Å²) in [6.45, 7) is 1.39. The molecule has 0 radical (unpaired) electrons.